The molecule has 0 saturated heterocycles. The van der Waals surface area contributed by atoms with E-state index in [9.17, 15) is 8.78 Å². The van der Waals surface area contributed by atoms with Crippen molar-refractivity contribution in [1.29, 1.82) is 0 Å². The van der Waals surface area contributed by atoms with Crippen molar-refractivity contribution in [3.63, 3.8) is 0 Å². The smallest absolute Gasteiger partial charge is 0.158 e. The minimum absolute atomic E-state index is 0.119. The van der Waals surface area contributed by atoms with Crippen molar-refractivity contribution < 1.29 is 13.9 Å². The maximum atomic E-state index is 12.5. The van der Waals surface area contributed by atoms with Crippen molar-refractivity contribution in [3.8, 4) is 0 Å². The number of allylic oxidation sites excluding steroid dienone is 2. The van der Waals surface area contributed by atoms with Gasteiger partial charge in [0, 0.05) is 0 Å². The average Bonchev–Trinajstić information content (AvgIpc) is 2.02. The minimum Gasteiger partial charge on any atom is -0.394 e. The Morgan fingerprint density at radius 1 is 1.50 bits per heavy atom. The van der Waals surface area contributed by atoms with Gasteiger partial charge < -0.3 is 10.8 Å². The van der Waals surface area contributed by atoms with E-state index < -0.39 is 17.7 Å². The van der Waals surface area contributed by atoms with Crippen molar-refractivity contribution in [1.82, 2.24) is 0 Å². The van der Waals surface area contributed by atoms with E-state index in [0.717, 1.165) is 6.08 Å². The fraction of sp³-hybridized carbons (Fsp3) is 0.250. The third-order valence-electron chi connectivity index (χ3n) is 1.24. The number of halogens is 2. The molecule has 12 heavy (non-hydrogen) atoms. The van der Waals surface area contributed by atoms with Gasteiger partial charge in [0.15, 0.2) is 11.7 Å². The lowest BCUT2D eigenvalue weighted by molar-refractivity contribution is 0.281. The van der Waals surface area contributed by atoms with Gasteiger partial charge in [0.05, 0.1) is 12.6 Å². The zero-order valence-electron chi connectivity index (χ0n) is 6.56. The summed E-state index contributed by atoms with van der Waals surface area (Å²) in [6.45, 7) is 5.72. The number of nitrogens with two attached hydrogens (primary N) is 1. The van der Waals surface area contributed by atoms with Crippen LogP contribution in [0.1, 0.15) is 0 Å². The van der Waals surface area contributed by atoms with E-state index in [4.69, 9.17) is 10.8 Å². The summed E-state index contributed by atoms with van der Waals surface area (Å²) in [5, 5.41) is 8.50. The third-order valence-corrected chi connectivity index (χ3v) is 1.24. The molecule has 0 radical (unpaired) electrons. The molecule has 0 rings (SSSR count). The van der Waals surface area contributed by atoms with Crippen LogP contribution >= 0.6 is 0 Å². The highest BCUT2D eigenvalue weighted by Crippen LogP contribution is 2.13. The first kappa shape index (κ1) is 11.0. The molecule has 0 aliphatic rings. The Morgan fingerprint density at radius 3 is 2.33 bits per heavy atom. The van der Waals surface area contributed by atoms with Gasteiger partial charge in [-0.3, -0.25) is 0 Å². The van der Waals surface area contributed by atoms with Gasteiger partial charge in [-0.15, -0.1) is 0 Å². The zero-order valence-corrected chi connectivity index (χ0v) is 6.56. The van der Waals surface area contributed by atoms with Crippen LogP contribution in [0.2, 0.25) is 0 Å². The first-order valence-electron chi connectivity index (χ1n) is 3.26. The number of aliphatic hydroxyl groups excluding tert-OH is 1. The summed E-state index contributed by atoms with van der Waals surface area (Å²) in [6.07, 6.45) is 0.809. The molecule has 0 aliphatic heterocycles. The predicted octanol–water partition coefficient (Wildman–Crippen LogP) is 1.20. The van der Waals surface area contributed by atoms with Gasteiger partial charge in [0.25, 0.3) is 0 Å². The highest BCUT2D eigenvalue weighted by atomic mass is 19.2. The molecule has 68 valence electrons. The molecule has 4 heteroatoms. The second-order valence-corrected chi connectivity index (χ2v) is 2.26. The van der Waals surface area contributed by atoms with Gasteiger partial charge in [0.2, 0.25) is 0 Å². The van der Waals surface area contributed by atoms with E-state index >= 15 is 0 Å². The SMILES string of the molecule is C=C(F)/C(F)=C\C(=C)C(N)CO. The van der Waals surface area contributed by atoms with Gasteiger partial charge in [-0.2, -0.15) is 0 Å². The molecular weight excluding hydrogens is 164 g/mol. The van der Waals surface area contributed by atoms with Crippen molar-refractivity contribution >= 4 is 0 Å². The molecule has 1 atom stereocenters. The molecule has 1 unspecified atom stereocenters. The standard InChI is InChI=1S/C8H11F2NO/c1-5(8(11)4-12)3-7(10)6(2)9/h3,8,12H,1-2,4,11H2/b7-3+. The van der Waals surface area contributed by atoms with E-state index in [1.54, 1.807) is 0 Å². The summed E-state index contributed by atoms with van der Waals surface area (Å²) in [5.74, 6) is -2.30. The summed E-state index contributed by atoms with van der Waals surface area (Å²) in [4.78, 5) is 0. The van der Waals surface area contributed by atoms with Crippen LogP contribution in [0.25, 0.3) is 0 Å². The van der Waals surface area contributed by atoms with E-state index in [-0.39, 0.29) is 12.2 Å². The Balaban J connectivity index is 4.34. The lowest BCUT2D eigenvalue weighted by atomic mass is 10.1. The highest BCUT2D eigenvalue weighted by molar-refractivity contribution is 5.29. The van der Waals surface area contributed by atoms with Crippen LogP contribution in [0.4, 0.5) is 8.78 Å². The van der Waals surface area contributed by atoms with Crippen LogP contribution < -0.4 is 5.73 Å². The van der Waals surface area contributed by atoms with Crippen LogP contribution in [0.3, 0.4) is 0 Å². The molecule has 0 fully saturated rings. The topological polar surface area (TPSA) is 46.2 Å². The van der Waals surface area contributed by atoms with Crippen molar-refractivity contribution in [2.75, 3.05) is 6.61 Å². The minimum atomic E-state index is -1.18. The molecule has 0 spiro atoms. The second kappa shape index (κ2) is 4.79. The fourth-order valence-corrected chi connectivity index (χ4v) is 0.465. The zero-order chi connectivity index (χ0) is 9.72. The Labute approximate surface area is 69.7 Å². The Hall–Kier alpha value is -1.00. The maximum absolute atomic E-state index is 12.5. The van der Waals surface area contributed by atoms with Crippen LogP contribution in [0, 0.1) is 0 Å². The van der Waals surface area contributed by atoms with E-state index in [2.05, 4.69) is 13.2 Å². The fourth-order valence-electron chi connectivity index (χ4n) is 0.465. The van der Waals surface area contributed by atoms with E-state index in [1.165, 1.54) is 0 Å². The molecule has 0 amide bonds. The summed E-state index contributed by atoms with van der Waals surface area (Å²) in [7, 11) is 0. The molecule has 0 aromatic heterocycles. The molecule has 2 nitrogen and oxygen atoms in total. The second-order valence-electron chi connectivity index (χ2n) is 2.26. The first-order valence-corrected chi connectivity index (χ1v) is 3.26. The number of hydrogen-bond donors (Lipinski definition) is 2. The Bertz CT molecular complexity index is 223. The Kier molecular flexibility index (Phi) is 4.39. The van der Waals surface area contributed by atoms with Crippen LogP contribution in [0.15, 0.2) is 36.5 Å². The molecule has 0 aliphatic carbocycles. The lowest BCUT2D eigenvalue weighted by Crippen LogP contribution is -2.25. The predicted molar refractivity (Wildman–Crippen MR) is 43.6 cm³/mol. The highest BCUT2D eigenvalue weighted by Gasteiger charge is 2.06. The van der Waals surface area contributed by atoms with E-state index in [1.807, 2.05) is 0 Å². The average molecular weight is 175 g/mol. The Morgan fingerprint density at radius 2 is 2.00 bits per heavy atom. The first-order chi connectivity index (χ1) is 5.49. The lowest BCUT2D eigenvalue weighted by Gasteiger charge is -2.06. The third kappa shape index (κ3) is 3.41. The molecule has 0 saturated carbocycles. The molecule has 3 N–H and O–H groups in total. The van der Waals surface area contributed by atoms with Crippen molar-refractivity contribution in [2.45, 2.75) is 6.04 Å². The monoisotopic (exact) mass is 175 g/mol. The van der Waals surface area contributed by atoms with Gasteiger partial charge in [-0.05, 0) is 11.6 Å². The van der Waals surface area contributed by atoms with Crippen LogP contribution in [-0.2, 0) is 0 Å². The quantitative estimate of drug-likeness (QED) is 0.630. The van der Waals surface area contributed by atoms with Gasteiger partial charge in [-0.1, -0.05) is 13.2 Å². The number of hydrogen-bond acceptors (Lipinski definition) is 2. The molecule has 0 heterocycles. The van der Waals surface area contributed by atoms with Crippen molar-refractivity contribution in [3.05, 3.63) is 36.5 Å². The maximum Gasteiger partial charge on any atom is 0.158 e. The number of rotatable bonds is 4. The van der Waals surface area contributed by atoms with E-state index in [0.29, 0.717) is 0 Å². The number of aliphatic hydroxyl groups is 1. The summed E-state index contributed by atoms with van der Waals surface area (Å²) < 4.78 is 24.5. The largest absolute Gasteiger partial charge is 0.394 e. The molecule has 0 aromatic rings. The summed E-state index contributed by atoms with van der Waals surface area (Å²) in [5.41, 5.74) is 5.37. The van der Waals surface area contributed by atoms with Crippen molar-refractivity contribution in [2.24, 2.45) is 5.73 Å². The van der Waals surface area contributed by atoms with Gasteiger partial charge in [0.1, 0.15) is 0 Å². The van der Waals surface area contributed by atoms with Gasteiger partial charge >= 0.3 is 0 Å². The normalized spacial score (nSPS) is 14.2. The molecule has 0 bridgehead atoms. The van der Waals surface area contributed by atoms with Gasteiger partial charge in [-0.25, -0.2) is 8.78 Å². The summed E-state index contributed by atoms with van der Waals surface area (Å²) in [6, 6.07) is -0.768. The van der Waals surface area contributed by atoms with Crippen LogP contribution in [-0.4, -0.2) is 17.8 Å². The summed E-state index contributed by atoms with van der Waals surface area (Å²) >= 11 is 0. The molecule has 0 aromatic carbocycles. The van der Waals surface area contributed by atoms with Crippen LogP contribution in [0.5, 0.6) is 0 Å². The molecular formula is C8H11F2NO.